The number of phenols is 1. The number of hydrogen-bond acceptors (Lipinski definition) is 6. The van der Waals surface area contributed by atoms with Gasteiger partial charge in [-0.05, 0) is 55.3 Å². The summed E-state index contributed by atoms with van der Waals surface area (Å²) in [5, 5.41) is 17.5. The number of nitrogens with zero attached hydrogens (tertiary/aromatic N) is 2. The van der Waals surface area contributed by atoms with Gasteiger partial charge in [0.2, 0.25) is 0 Å². The maximum absolute atomic E-state index is 13.3. The number of benzene rings is 2. The molecule has 3 aromatic rings. The summed E-state index contributed by atoms with van der Waals surface area (Å²) >= 11 is 0. The van der Waals surface area contributed by atoms with E-state index >= 15 is 0 Å². The predicted molar refractivity (Wildman–Crippen MR) is 119 cm³/mol. The van der Waals surface area contributed by atoms with E-state index in [1.54, 1.807) is 19.2 Å². The first-order valence-electron chi connectivity index (χ1n) is 10.6. The smallest absolute Gasteiger partial charge is 0.273 e. The van der Waals surface area contributed by atoms with Crippen molar-refractivity contribution in [3.63, 3.8) is 0 Å². The number of H-pyrrole nitrogens is 1. The van der Waals surface area contributed by atoms with Crippen molar-refractivity contribution in [1.82, 2.24) is 15.1 Å². The third-order valence-electron chi connectivity index (χ3n) is 5.57. The van der Waals surface area contributed by atoms with Gasteiger partial charge in [0, 0.05) is 31.4 Å². The maximum Gasteiger partial charge on any atom is 0.273 e. The van der Waals surface area contributed by atoms with Crippen LogP contribution in [0.5, 0.6) is 17.2 Å². The number of phenolic OH excluding ortho intramolecular Hbond substituents is 1. The largest absolute Gasteiger partial charge is 0.504 e. The average Bonchev–Trinajstić information content (AvgIpc) is 3.35. The molecule has 1 aromatic heterocycles. The minimum Gasteiger partial charge on any atom is -0.504 e. The first kappa shape index (κ1) is 21.7. The molecule has 0 bridgehead atoms. The predicted octanol–water partition coefficient (Wildman–Crippen LogP) is 3.77. The second-order valence-electron chi connectivity index (χ2n) is 7.50. The molecule has 4 rings (SSSR count). The number of nitrogens with one attached hydrogen (secondary N) is 1. The Hall–Kier alpha value is -3.52. The summed E-state index contributed by atoms with van der Waals surface area (Å²) in [4.78, 5) is 15.1. The van der Waals surface area contributed by atoms with E-state index in [-0.39, 0.29) is 17.7 Å². The lowest BCUT2D eigenvalue weighted by Gasteiger charge is -2.26. The Morgan fingerprint density at radius 3 is 2.62 bits per heavy atom. The molecule has 1 aliphatic heterocycles. The van der Waals surface area contributed by atoms with Crippen LogP contribution in [0.15, 0.2) is 42.5 Å². The highest BCUT2D eigenvalue weighted by molar-refractivity contribution is 6.00. The Morgan fingerprint density at radius 2 is 1.94 bits per heavy atom. The van der Waals surface area contributed by atoms with Crippen LogP contribution >= 0.6 is 0 Å². The van der Waals surface area contributed by atoms with Crippen LogP contribution in [0.1, 0.15) is 41.0 Å². The Labute approximate surface area is 186 Å². The van der Waals surface area contributed by atoms with Crippen molar-refractivity contribution in [3.8, 4) is 28.5 Å². The molecule has 2 heterocycles. The van der Waals surface area contributed by atoms with Crippen molar-refractivity contribution in [2.24, 2.45) is 0 Å². The highest BCUT2D eigenvalue weighted by Crippen LogP contribution is 2.44. The topological polar surface area (TPSA) is 96.9 Å². The summed E-state index contributed by atoms with van der Waals surface area (Å²) in [6.07, 6.45) is 0.698. The number of fused-ring (bicyclic) bond motifs is 1. The molecular weight excluding hydrogens is 410 g/mol. The van der Waals surface area contributed by atoms with Crippen molar-refractivity contribution in [2.75, 3.05) is 34.0 Å². The zero-order chi connectivity index (χ0) is 22.7. The molecule has 168 valence electrons. The molecule has 1 aliphatic rings. The van der Waals surface area contributed by atoms with Gasteiger partial charge in [0.05, 0.1) is 25.5 Å². The minimum atomic E-state index is -0.371. The maximum atomic E-state index is 13.3. The second-order valence-corrected chi connectivity index (χ2v) is 7.50. The SMILES string of the molecule is CCOc1ccc(-c2n[nH]c3c2C(c2ccc(O)c(OC)c2)N(CCCOC)C3=O)cc1. The fourth-order valence-corrected chi connectivity index (χ4v) is 4.11. The fraction of sp³-hybridized carbons (Fsp3) is 0.333. The van der Waals surface area contributed by atoms with Gasteiger partial charge >= 0.3 is 0 Å². The van der Waals surface area contributed by atoms with E-state index in [2.05, 4.69) is 10.2 Å². The molecule has 0 aliphatic carbocycles. The number of carbonyl (C=O) groups is 1. The number of carbonyl (C=O) groups excluding carboxylic acids is 1. The van der Waals surface area contributed by atoms with Crippen molar-refractivity contribution < 1.29 is 24.1 Å². The lowest BCUT2D eigenvalue weighted by atomic mass is 9.95. The molecule has 0 saturated carbocycles. The van der Waals surface area contributed by atoms with E-state index in [1.807, 2.05) is 42.2 Å². The van der Waals surface area contributed by atoms with E-state index in [1.165, 1.54) is 7.11 Å². The Balaban J connectivity index is 1.79. The van der Waals surface area contributed by atoms with E-state index in [4.69, 9.17) is 14.2 Å². The van der Waals surface area contributed by atoms with Crippen LogP contribution in [-0.4, -0.2) is 60.1 Å². The number of aromatic amines is 1. The molecule has 8 heteroatoms. The summed E-state index contributed by atoms with van der Waals surface area (Å²) in [7, 11) is 3.15. The summed E-state index contributed by atoms with van der Waals surface area (Å²) in [6.45, 7) is 3.60. The summed E-state index contributed by atoms with van der Waals surface area (Å²) < 4.78 is 16.1. The third-order valence-corrected chi connectivity index (χ3v) is 5.57. The number of methoxy groups -OCH3 is 2. The average molecular weight is 437 g/mol. The van der Waals surface area contributed by atoms with Crippen molar-refractivity contribution in [2.45, 2.75) is 19.4 Å². The van der Waals surface area contributed by atoms with Gasteiger partial charge in [-0.15, -0.1) is 0 Å². The van der Waals surface area contributed by atoms with Crippen LogP contribution in [-0.2, 0) is 4.74 Å². The van der Waals surface area contributed by atoms with Gasteiger partial charge < -0.3 is 24.2 Å². The summed E-state index contributed by atoms with van der Waals surface area (Å²) in [5.41, 5.74) is 3.71. The van der Waals surface area contributed by atoms with Crippen LogP contribution in [0.2, 0.25) is 0 Å². The number of aromatic hydroxyl groups is 1. The van der Waals surface area contributed by atoms with Gasteiger partial charge in [-0.1, -0.05) is 6.07 Å². The van der Waals surface area contributed by atoms with Gasteiger partial charge in [0.15, 0.2) is 11.5 Å². The van der Waals surface area contributed by atoms with Crippen LogP contribution in [0.4, 0.5) is 0 Å². The number of hydrogen-bond donors (Lipinski definition) is 2. The number of amides is 1. The van der Waals surface area contributed by atoms with Crippen molar-refractivity contribution >= 4 is 5.91 Å². The van der Waals surface area contributed by atoms with Crippen LogP contribution < -0.4 is 9.47 Å². The van der Waals surface area contributed by atoms with Crippen LogP contribution in [0.3, 0.4) is 0 Å². The molecule has 2 aromatic carbocycles. The number of rotatable bonds is 9. The molecule has 1 amide bonds. The van der Waals surface area contributed by atoms with E-state index in [0.717, 1.165) is 22.4 Å². The van der Waals surface area contributed by atoms with Gasteiger partial charge in [-0.25, -0.2) is 0 Å². The van der Waals surface area contributed by atoms with Crippen molar-refractivity contribution in [1.29, 1.82) is 0 Å². The van der Waals surface area contributed by atoms with E-state index in [0.29, 0.717) is 43.3 Å². The Kier molecular flexibility index (Phi) is 6.32. The highest BCUT2D eigenvalue weighted by Gasteiger charge is 2.42. The van der Waals surface area contributed by atoms with Crippen LogP contribution in [0, 0.1) is 0 Å². The first-order valence-corrected chi connectivity index (χ1v) is 10.6. The Bertz CT molecular complexity index is 1090. The van der Waals surface area contributed by atoms with Gasteiger partial charge in [0.25, 0.3) is 5.91 Å². The van der Waals surface area contributed by atoms with E-state index < -0.39 is 0 Å². The third kappa shape index (κ3) is 3.89. The lowest BCUT2D eigenvalue weighted by Crippen LogP contribution is -2.31. The van der Waals surface area contributed by atoms with Gasteiger partial charge in [-0.3, -0.25) is 9.89 Å². The molecule has 1 unspecified atom stereocenters. The molecule has 0 spiro atoms. The van der Waals surface area contributed by atoms with Crippen molar-refractivity contribution in [3.05, 3.63) is 59.3 Å². The first-order chi connectivity index (χ1) is 15.6. The highest BCUT2D eigenvalue weighted by atomic mass is 16.5. The summed E-state index contributed by atoms with van der Waals surface area (Å²) in [5.74, 6) is 1.07. The van der Waals surface area contributed by atoms with Gasteiger partial charge in [0.1, 0.15) is 11.4 Å². The molecule has 0 saturated heterocycles. The molecular formula is C24H27N3O5. The molecule has 32 heavy (non-hydrogen) atoms. The van der Waals surface area contributed by atoms with E-state index in [9.17, 15) is 9.90 Å². The Morgan fingerprint density at radius 1 is 1.16 bits per heavy atom. The summed E-state index contributed by atoms with van der Waals surface area (Å²) in [6, 6.07) is 12.5. The molecule has 2 N–H and O–H groups in total. The number of aromatic nitrogens is 2. The minimum absolute atomic E-state index is 0.0469. The fourth-order valence-electron chi connectivity index (χ4n) is 4.11. The normalized spacial score (nSPS) is 15.2. The monoisotopic (exact) mass is 437 g/mol. The second kappa shape index (κ2) is 9.32. The molecule has 0 radical (unpaired) electrons. The quantitative estimate of drug-likeness (QED) is 0.495. The van der Waals surface area contributed by atoms with Gasteiger partial charge in [-0.2, -0.15) is 5.10 Å². The zero-order valence-electron chi connectivity index (χ0n) is 18.4. The number of ether oxygens (including phenoxy) is 3. The van der Waals surface area contributed by atoms with Crippen LogP contribution in [0.25, 0.3) is 11.3 Å². The molecule has 0 fully saturated rings. The molecule has 8 nitrogen and oxygen atoms in total. The lowest BCUT2D eigenvalue weighted by molar-refractivity contribution is 0.0723. The standard InChI is InChI=1S/C24H27N3O5/c1-4-32-17-9-6-15(7-10-17)21-20-22(26-25-21)24(29)27(12-5-13-30-2)23(20)16-8-11-18(28)19(14-16)31-3/h6-11,14,23,28H,4-5,12-13H2,1-3H3,(H,25,26). The molecule has 1 atom stereocenters. The zero-order valence-corrected chi connectivity index (χ0v) is 18.4.